The van der Waals surface area contributed by atoms with E-state index in [0.717, 1.165) is 12.8 Å². The van der Waals surface area contributed by atoms with Gasteiger partial charge in [-0.25, -0.2) is 8.42 Å². The lowest BCUT2D eigenvalue weighted by atomic mass is 10.1. The van der Waals surface area contributed by atoms with E-state index in [1.165, 1.54) is 23.1 Å². The lowest BCUT2D eigenvalue weighted by molar-refractivity contribution is 0.600. The largest absolute Gasteiger partial charge is 0.264 e. The second kappa shape index (κ2) is 6.76. The standard InChI is InChI=1S/C15H21N3O2S/c1-3-4-5-6-13-7-9-14(10-8-13)21(19,20)17-15-11-12-16-18(15)2/h7-12,17H,3-6H2,1-2H3. The highest BCUT2D eigenvalue weighted by Crippen LogP contribution is 2.16. The number of nitrogens with one attached hydrogen (secondary N) is 1. The van der Waals surface area contributed by atoms with E-state index in [1.54, 1.807) is 31.4 Å². The summed E-state index contributed by atoms with van der Waals surface area (Å²) in [5.41, 5.74) is 1.17. The maximum absolute atomic E-state index is 12.3. The van der Waals surface area contributed by atoms with E-state index in [-0.39, 0.29) is 4.90 Å². The minimum absolute atomic E-state index is 0.267. The Morgan fingerprint density at radius 2 is 1.86 bits per heavy atom. The summed E-state index contributed by atoms with van der Waals surface area (Å²) >= 11 is 0. The molecule has 0 saturated carbocycles. The van der Waals surface area contributed by atoms with Gasteiger partial charge in [0.25, 0.3) is 10.0 Å². The Bertz CT molecular complexity index is 675. The number of aromatic nitrogens is 2. The van der Waals surface area contributed by atoms with Gasteiger partial charge in [0, 0.05) is 13.1 Å². The summed E-state index contributed by atoms with van der Waals surface area (Å²) in [6.07, 6.45) is 6.05. The van der Waals surface area contributed by atoms with Crippen molar-refractivity contribution >= 4 is 15.8 Å². The van der Waals surface area contributed by atoms with Crippen LogP contribution in [0.15, 0.2) is 41.4 Å². The molecule has 1 heterocycles. The number of hydrogen-bond donors (Lipinski definition) is 1. The number of sulfonamides is 1. The maximum atomic E-state index is 12.3. The molecule has 0 amide bonds. The summed E-state index contributed by atoms with van der Waals surface area (Å²) in [5, 5.41) is 3.94. The molecule has 0 unspecified atom stereocenters. The molecule has 0 radical (unpaired) electrons. The lowest BCUT2D eigenvalue weighted by Crippen LogP contribution is -2.15. The Labute approximate surface area is 126 Å². The van der Waals surface area contributed by atoms with Gasteiger partial charge in [-0.05, 0) is 30.5 Å². The van der Waals surface area contributed by atoms with Crippen LogP contribution in [0.3, 0.4) is 0 Å². The highest BCUT2D eigenvalue weighted by atomic mass is 32.2. The van der Waals surface area contributed by atoms with E-state index in [9.17, 15) is 8.42 Å². The van der Waals surface area contributed by atoms with Crippen molar-refractivity contribution in [2.45, 2.75) is 37.5 Å². The average molecular weight is 307 g/mol. The van der Waals surface area contributed by atoms with Gasteiger partial charge < -0.3 is 0 Å². The molecule has 1 aromatic heterocycles. The first kappa shape index (κ1) is 15.6. The second-order valence-electron chi connectivity index (χ2n) is 5.05. The number of nitrogens with zero attached hydrogens (tertiary/aromatic N) is 2. The van der Waals surface area contributed by atoms with Crippen molar-refractivity contribution in [3.8, 4) is 0 Å². The Kier molecular flexibility index (Phi) is 5.01. The zero-order chi connectivity index (χ0) is 15.3. The van der Waals surface area contributed by atoms with E-state index in [2.05, 4.69) is 16.7 Å². The van der Waals surface area contributed by atoms with Crippen LogP contribution < -0.4 is 4.72 Å². The molecule has 2 rings (SSSR count). The maximum Gasteiger partial charge on any atom is 0.263 e. The van der Waals surface area contributed by atoms with Crippen molar-refractivity contribution in [2.24, 2.45) is 7.05 Å². The molecule has 0 saturated heterocycles. The monoisotopic (exact) mass is 307 g/mol. The van der Waals surface area contributed by atoms with Gasteiger partial charge in [0.1, 0.15) is 5.82 Å². The van der Waals surface area contributed by atoms with Crippen molar-refractivity contribution in [3.05, 3.63) is 42.1 Å². The summed E-state index contributed by atoms with van der Waals surface area (Å²) in [6, 6.07) is 8.69. The van der Waals surface area contributed by atoms with Gasteiger partial charge in [0.2, 0.25) is 0 Å². The van der Waals surface area contributed by atoms with Crippen molar-refractivity contribution < 1.29 is 8.42 Å². The van der Waals surface area contributed by atoms with Gasteiger partial charge in [0.15, 0.2) is 0 Å². The van der Waals surface area contributed by atoms with Crippen molar-refractivity contribution in [1.29, 1.82) is 0 Å². The molecule has 1 aromatic carbocycles. The van der Waals surface area contributed by atoms with Crippen LogP contribution in [0.1, 0.15) is 31.7 Å². The summed E-state index contributed by atoms with van der Waals surface area (Å²) in [4.78, 5) is 0.267. The smallest absolute Gasteiger partial charge is 0.263 e. The molecular weight excluding hydrogens is 286 g/mol. The molecule has 114 valence electrons. The summed E-state index contributed by atoms with van der Waals surface area (Å²) in [7, 11) is -1.87. The van der Waals surface area contributed by atoms with Crippen LogP contribution in [0, 0.1) is 0 Å². The predicted molar refractivity (Wildman–Crippen MR) is 83.7 cm³/mol. The first-order valence-electron chi connectivity index (χ1n) is 7.12. The molecule has 0 aliphatic rings. The quantitative estimate of drug-likeness (QED) is 0.800. The Balaban J connectivity index is 2.08. The molecule has 2 aromatic rings. The van der Waals surface area contributed by atoms with Crippen molar-refractivity contribution in [2.75, 3.05) is 4.72 Å². The lowest BCUT2D eigenvalue weighted by Gasteiger charge is -2.08. The van der Waals surface area contributed by atoms with E-state index in [0.29, 0.717) is 5.82 Å². The molecular formula is C15H21N3O2S. The van der Waals surface area contributed by atoms with Crippen LogP contribution in [-0.4, -0.2) is 18.2 Å². The SMILES string of the molecule is CCCCCc1ccc(S(=O)(=O)Nc2ccnn2C)cc1. The normalized spacial score (nSPS) is 11.5. The van der Waals surface area contributed by atoms with E-state index in [1.807, 2.05) is 12.1 Å². The van der Waals surface area contributed by atoms with Gasteiger partial charge >= 0.3 is 0 Å². The number of rotatable bonds is 7. The van der Waals surface area contributed by atoms with Crippen LogP contribution in [0.5, 0.6) is 0 Å². The Hall–Kier alpha value is -1.82. The fourth-order valence-corrected chi connectivity index (χ4v) is 3.17. The molecule has 0 bridgehead atoms. The minimum atomic E-state index is -3.56. The molecule has 21 heavy (non-hydrogen) atoms. The number of anilines is 1. The average Bonchev–Trinajstić information content (AvgIpc) is 2.84. The fourth-order valence-electron chi connectivity index (χ4n) is 2.09. The molecule has 0 fully saturated rings. The first-order chi connectivity index (χ1) is 10.0. The summed E-state index contributed by atoms with van der Waals surface area (Å²) < 4.78 is 28.6. The Morgan fingerprint density at radius 1 is 1.14 bits per heavy atom. The zero-order valence-corrected chi connectivity index (χ0v) is 13.2. The number of hydrogen-bond acceptors (Lipinski definition) is 3. The third-order valence-corrected chi connectivity index (χ3v) is 4.73. The summed E-state index contributed by atoms with van der Waals surface area (Å²) in [5.74, 6) is 0.446. The van der Waals surface area contributed by atoms with E-state index < -0.39 is 10.0 Å². The van der Waals surface area contributed by atoms with Gasteiger partial charge in [-0.15, -0.1) is 0 Å². The number of aryl methyl sites for hydroxylation is 2. The highest BCUT2D eigenvalue weighted by Gasteiger charge is 2.15. The van der Waals surface area contributed by atoms with Gasteiger partial charge in [-0.2, -0.15) is 5.10 Å². The predicted octanol–water partition coefficient (Wildman–Crippen LogP) is 2.95. The van der Waals surface area contributed by atoms with Crippen molar-refractivity contribution in [1.82, 2.24) is 9.78 Å². The van der Waals surface area contributed by atoms with Crippen LogP contribution in [0.25, 0.3) is 0 Å². The molecule has 0 atom stereocenters. The van der Waals surface area contributed by atoms with E-state index in [4.69, 9.17) is 0 Å². The van der Waals surface area contributed by atoms with Crippen LogP contribution in [0.4, 0.5) is 5.82 Å². The molecule has 0 aliphatic heterocycles. The molecule has 5 nitrogen and oxygen atoms in total. The van der Waals surface area contributed by atoms with Gasteiger partial charge in [-0.1, -0.05) is 31.9 Å². The number of unbranched alkanes of at least 4 members (excludes halogenated alkanes) is 2. The highest BCUT2D eigenvalue weighted by molar-refractivity contribution is 7.92. The van der Waals surface area contributed by atoms with Crippen LogP contribution in [0.2, 0.25) is 0 Å². The molecule has 1 N–H and O–H groups in total. The third kappa shape index (κ3) is 4.07. The fraction of sp³-hybridized carbons (Fsp3) is 0.400. The van der Waals surface area contributed by atoms with E-state index >= 15 is 0 Å². The number of benzene rings is 1. The van der Waals surface area contributed by atoms with Crippen LogP contribution in [-0.2, 0) is 23.5 Å². The summed E-state index contributed by atoms with van der Waals surface area (Å²) in [6.45, 7) is 2.17. The molecule has 0 spiro atoms. The van der Waals surface area contributed by atoms with Gasteiger partial charge in [-0.3, -0.25) is 9.40 Å². The Morgan fingerprint density at radius 3 is 2.43 bits per heavy atom. The molecule has 6 heteroatoms. The second-order valence-corrected chi connectivity index (χ2v) is 6.73. The van der Waals surface area contributed by atoms with Gasteiger partial charge in [0.05, 0.1) is 11.1 Å². The van der Waals surface area contributed by atoms with Crippen molar-refractivity contribution in [3.63, 3.8) is 0 Å². The van der Waals surface area contributed by atoms with Crippen LogP contribution >= 0.6 is 0 Å². The topological polar surface area (TPSA) is 64.0 Å². The minimum Gasteiger partial charge on any atom is -0.264 e. The first-order valence-corrected chi connectivity index (χ1v) is 8.61. The molecule has 0 aliphatic carbocycles. The zero-order valence-electron chi connectivity index (χ0n) is 12.4. The third-order valence-electron chi connectivity index (χ3n) is 3.36.